The van der Waals surface area contributed by atoms with E-state index in [1.165, 1.54) is 18.3 Å². The minimum Gasteiger partial charge on any atom is -0.507 e. The van der Waals surface area contributed by atoms with Crippen LogP contribution >= 0.6 is 0 Å². The van der Waals surface area contributed by atoms with Crippen molar-refractivity contribution in [3.63, 3.8) is 0 Å². The number of sulfonamides is 1. The number of rotatable bonds is 7. The van der Waals surface area contributed by atoms with Gasteiger partial charge in [-0.25, -0.2) is 17.5 Å². The largest absolute Gasteiger partial charge is 0.507 e. The van der Waals surface area contributed by atoms with Gasteiger partial charge in [-0.2, -0.15) is 0 Å². The van der Waals surface area contributed by atoms with Crippen LogP contribution in [0.5, 0.6) is 5.75 Å². The predicted octanol–water partition coefficient (Wildman–Crippen LogP) is 2.21. The summed E-state index contributed by atoms with van der Waals surface area (Å²) in [6.07, 6.45) is 2.65. The van der Waals surface area contributed by atoms with Crippen molar-refractivity contribution in [1.29, 1.82) is 0 Å². The van der Waals surface area contributed by atoms with Gasteiger partial charge in [0.1, 0.15) is 11.3 Å². The number of carboxylic acid groups (broad SMARTS) is 1. The summed E-state index contributed by atoms with van der Waals surface area (Å²) >= 11 is 0. The highest BCUT2D eigenvalue weighted by Crippen LogP contribution is 2.27. The molecule has 0 amide bonds. The number of aromatic carboxylic acids is 1. The number of carbonyl (C=O) groups is 1. The van der Waals surface area contributed by atoms with Gasteiger partial charge in [-0.3, -0.25) is 0 Å². The maximum atomic E-state index is 12.5. The molecule has 0 saturated carbocycles. The fourth-order valence-electron chi connectivity index (χ4n) is 1.99. The van der Waals surface area contributed by atoms with Crippen molar-refractivity contribution in [2.24, 2.45) is 0 Å². The van der Waals surface area contributed by atoms with Crippen molar-refractivity contribution in [1.82, 2.24) is 4.31 Å². The number of hydrogen-bond acceptors (Lipinski definition) is 4. The van der Waals surface area contributed by atoms with Crippen LogP contribution in [-0.4, -0.2) is 42.5 Å². The molecule has 7 heteroatoms. The molecule has 0 radical (unpaired) electrons. The van der Waals surface area contributed by atoms with Crippen LogP contribution < -0.4 is 0 Å². The fraction of sp³-hybridized carbons (Fsp3) is 0.500. The monoisotopic (exact) mass is 315 g/mol. The van der Waals surface area contributed by atoms with E-state index in [1.54, 1.807) is 0 Å². The lowest BCUT2D eigenvalue weighted by Gasteiger charge is -2.19. The molecule has 1 aromatic rings. The number of carboxylic acids is 1. The number of hydrogen-bond donors (Lipinski definition) is 2. The summed E-state index contributed by atoms with van der Waals surface area (Å²) in [5.41, 5.74) is -0.0963. The lowest BCUT2D eigenvalue weighted by atomic mass is 10.1. The number of nitrogens with zero attached hydrogens (tertiary/aromatic N) is 1. The Balaban J connectivity index is 3.19. The lowest BCUT2D eigenvalue weighted by molar-refractivity contribution is 0.0693. The molecule has 21 heavy (non-hydrogen) atoms. The van der Waals surface area contributed by atoms with Gasteiger partial charge in [0.15, 0.2) is 0 Å². The van der Waals surface area contributed by atoms with E-state index in [4.69, 9.17) is 5.11 Å². The summed E-state index contributed by atoms with van der Waals surface area (Å²) < 4.78 is 26.2. The summed E-state index contributed by atoms with van der Waals surface area (Å²) in [4.78, 5) is 10.9. The van der Waals surface area contributed by atoms with Gasteiger partial charge < -0.3 is 10.2 Å². The Morgan fingerprint density at radius 1 is 1.29 bits per heavy atom. The van der Waals surface area contributed by atoms with Crippen LogP contribution in [0.25, 0.3) is 0 Å². The molecule has 6 nitrogen and oxygen atoms in total. The molecular formula is C14H21NO5S. The molecule has 0 aliphatic carbocycles. The zero-order valence-electron chi connectivity index (χ0n) is 12.5. The average molecular weight is 315 g/mol. The Hall–Kier alpha value is -1.60. The van der Waals surface area contributed by atoms with Gasteiger partial charge >= 0.3 is 5.97 Å². The highest BCUT2D eigenvalue weighted by molar-refractivity contribution is 7.89. The summed E-state index contributed by atoms with van der Waals surface area (Å²) in [6.45, 7) is 3.93. The summed E-state index contributed by atoms with van der Waals surface area (Å²) in [6, 6.07) is 2.18. The van der Waals surface area contributed by atoms with Crippen molar-refractivity contribution in [2.75, 3.05) is 13.6 Å². The van der Waals surface area contributed by atoms with Gasteiger partial charge in [0.05, 0.1) is 4.90 Å². The zero-order valence-corrected chi connectivity index (χ0v) is 13.3. The third-order valence-corrected chi connectivity index (χ3v) is 5.29. The van der Waals surface area contributed by atoms with E-state index in [-0.39, 0.29) is 4.90 Å². The van der Waals surface area contributed by atoms with E-state index < -0.39 is 27.3 Å². The molecule has 0 saturated heterocycles. The number of aromatic hydroxyl groups is 1. The van der Waals surface area contributed by atoms with E-state index in [2.05, 4.69) is 0 Å². The quantitative estimate of drug-likeness (QED) is 0.752. The normalized spacial score (nSPS) is 11.8. The third kappa shape index (κ3) is 3.95. The second kappa shape index (κ2) is 6.91. The van der Waals surface area contributed by atoms with Crippen molar-refractivity contribution < 1.29 is 23.4 Å². The molecule has 0 bridgehead atoms. The molecular weight excluding hydrogens is 294 g/mol. The van der Waals surface area contributed by atoms with E-state index in [0.29, 0.717) is 12.1 Å². The second-order valence-electron chi connectivity index (χ2n) is 4.97. The van der Waals surface area contributed by atoms with E-state index in [1.807, 2.05) is 6.92 Å². The minimum absolute atomic E-state index is 0.0864. The van der Waals surface area contributed by atoms with Crippen LogP contribution in [0.2, 0.25) is 0 Å². The molecule has 0 aromatic heterocycles. The molecule has 0 aliphatic rings. The Kier molecular flexibility index (Phi) is 5.74. The van der Waals surface area contributed by atoms with E-state index >= 15 is 0 Å². The first-order valence-electron chi connectivity index (χ1n) is 6.75. The van der Waals surface area contributed by atoms with Crippen LogP contribution in [0, 0.1) is 6.92 Å². The highest BCUT2D eigenvalue weighted by atomic mass is 32.2. The van der Waals surface area contributed by atoms with E-state index in [0.717, 1.165) is 31.4 Å². The van der Waals surface area contributed by atoms with Crippen LogP contribution in [0.3, 0.4) is 0 Å². The van der Waals surface area contributed by atoms with Gasteiger partial charge in [-0.1, -0.05) is 19.8 Å². The summed E-state index contributed by atoms with van der Waals surface area (Å²) in [5.74, 6) is -1.80. The first-order chi connectivity index (χ1) is 9.71. The number of benzene rings is 1. The Bertz CT molecular complexity index is 624. The van der Waals surface area contributed by atoms with Crippen molar-refractivity contribution in [2.45, 2.75) is 38.0 Å². The molecule has 0 unspecified atom stereocenters. The number of phenols is 1. The Morgan fingerprint density at radius 3 is 2.43 bits per heavy atom. The minimum atomic E-state index is -3.76. The molecule has 2 N–H and O–H groups in total. The van der Waals surface area contributed by atoms with Gasteiger partial charge in [0.2, 0.25) is 10.0 Å². The molecule has 1 aromatic carbocycles. The summed E-state index contributed by atoms with van der Waals surface area (Å²) in [7, 11) is -2.29. The third-order valence-electron chi connectivity index (χ3n) is 3.29. The number of unbranched alkanes of at least 4 members (excludes halogenated alkanes) is 2. The van der Waals surface area contributed by atoms with E-state index in [9.17, 15) is 18.3 Å². The second-order valence-corrected chi connectivity index (χ2v) is 6.99. The predicted molar refractivity (Wildman–Crippen MR) is 79.1 cm³/mol. The molecule has 0 heterocycles. The molecule has 0 atom stereocenters. The molecule has 0 aliphatic heterocycles. The van der Waals surface area contributed by atoms with Crippen molar-refractivity contribution in [3.8, 4) is 5.75 Å². The summed E-state index contributed by atoms with van der Waals surface area (Å²) in [5, 5.41) is 18.6. The van der Waals surface area contributed by atoms with Gasteiger partial charge in [0.25, 0.3) is 0 Å². The van der Waals surface area contributed by atoms with Crippen molar-refractivity contribution in [3.05, 3.63) is 23.3 Å². The van der Waals surface area contributed by atoms with Crippen LogP contribution in [-0.2, 0) is 10.0 Å². The molecule has 1 rings (SSSR count). The average Bonchev–Trinajstić information content (AvgIpc) is 2.37. The Morgan fingerprint density at radius 2 is 1.90 bits per heavy atom. The molecule has 118 valence electrons. The maximum Gasteiger partial charge on any atom is 0.339 e. The Labute approximate surface area is 125 Å². The van der Waals surface area contributed by atoms with Gasteiger partial charge in [0, 0.05) is 13.6 Å². The number of aryl methyl sites for hydroxylation is 1. The zero-order chi connectivity index (χ0) is 16.2. The maximum absolute atomic E-state index is 12.5. The van der Waals surface area contributed by atoms with Crippen LogP contribution in [0.4, 0.5) is 0 Å². The van der Waals surface area contributed by atoms with Crippen LogP contribution in [0.15, 0.2) is 17.0 Å². The standard InChI is InChI=1S/C14H21NO5S/c1-4-5-6-7-15(3)21(19,20)13-9-11(14(17)18)12(16)8-10(13)2/h8-9,16H,4-7H2,1-3H3,(H,17,18). The molecule has 0 fully saturated rings. The van der Waals surface area contributed by atoms with Crippen LogP contribution in [0.1, 0.15) is 42.1 Å². The SMILES string of the molecule is CCCCCN(C)S(=O)(=O)c1cc(C(=O)O)c(O)cc1C. The first kappa shape index (κ1) is 17.5. The van der Waals surface area contributed by atoms with Crippen molar-refractivity contribution >= 4 is 16.0 Å². The van der Waals surface area contributed by atoms with Gasteiger partial charge in [-0.05, 0) is 31.0 Å². The molecule has 0 spiro atoms. The van der Waals surface area contributed by atoms with Gasteiger partial charge in [-0.15, -0.1) is 0 Å². The first-order valence-corrected chi connectivity index (χ1v) is 8.19. The lowest BCUT2D eigenvalue weighted by Crippen LogP contribution is -2.28. The topological polar surface area (TPSA) is 94.9 Å². The smallest absolute Gasteiger partial charge is 0.339 e. The highest BCUT2D eigenvalue weighted by Gasteiger charge is 2.25. The fourth-order valence-corrected chi connectivity index (χ4v) is 3.43.